The minimum Gasteiger partial charge on any atom is -0.486 e. The standard InChI is InChI=1S/C14H15ClN2O3/c1-17-3-2-10(16-17)8-12(18)9-6-11(15)14-13(7-9)19-4-5-20-14/h2-3,6-7,12,18H,4-5,8H2,1H3. The van der Waals surface area contributed by atoms with Crippen LogP contribution in [-0.2, 0) is 13.5 Å². The van der Waals surface area contributed by atoms with E-state index in [-0.39, 0.29) is 0 Å². The third-order valence-corrected chi connectivity index (χ3v) is 3.46. The minimum atomic E-state index is -0.682. The van der Waals surface area contributed by atoms with Crippen molar-refractivity contribution in [3.8, 4) is 11.5 Å². The maximum absolute atomic E-state index is 10.3. The van der Waals surface area contributed by atoms with Gasteiger partial charge in [0, 0.05) is 19.7 Å². The molecular formula is C14H15ClN2O3. The van der Waals surface area contributed by atoms with Crippen LogP contribution in [0.1, 0.15) is 17.4 Å². The third kappa shape index (κ3) is 2.59. The van der Waals surface area contributed by atoms with Gasteiger partial charge < -0.3 is 14.6 Å². The summed E-state index contributed by atoms with van der Waals surface area (Å²) in [6.07, 6.45) is 1.59. The molecule has 0 radical (unpaired) electrons. The molecule has 1 aliphatic heterocycles. The molecule has 1 aromatic carbocycles. The molecule has 0 bridgehead atoms. The van der Waals surface area contributed by atoms with E-state index < -0.39 is 6.10 Å². The van der Waals surface area contributed by atoms with Crippen molar-refractivity contribution in [3.63, 3.8) is 0 Å². The van der Waals surface area contributed by atoms with E-state index in [4.69, 9.17) is 21.1 Å². The lowest BCUT2D eigenvalue weighted by Gasteiger charge is -2.21. The van der Waals surface area contributed by atoms with E-state index in [0.29, 0.717) is 41.7 Å². The first-order chi connectivity index (χ1) is 9.63. The first kappa shape index (κ1) is 13.3. The maximum Gasteiger partial charge on any atom is 0.179 e. The summed E-state index contributed by atoms with van der Waals surface area (Å²) in [6.45, 7) is 0.978. The molecule has 3 rings (SSSR count). The number of hydrogen-bond donors (Lipinski definition) is 1. The van der Waals surface area contributed by atoms with E-state index in [1.54, 1.807) is 16.8 Å². The van der Waals surface area contributed by atoms with Crippen molar-refractivity contribution >= 4 is 11.6 Å². The molecule has 1 N–H and O–H groups in total. The van der Waals surface area contributed by atoms with Crippen LogP contribution >= 0.6 is 11.6 Å². The van der Waals surface area contributed by atoms with Crippen LogP contribution in [-0.4, -0.2) is 28.1 Å². The van der Waals surface area contributed by atoms with E-state index in [2.05, 4.69) is 5.10 Å². The molecule has 0 amide bonds. The molecule has 2 heterocycles. The van der Waals surface area contributed by atoms with Gasteiger partial charge in [-0.15, -0.1) is 0 Å². The number of rotatable bonds is 3. The molecule has 0 aliphatic carbocycles. The first-order valence-corrected chi connectivity index (χ1v) is 6.77. The molecule has 1 unspecified atom stereocenters. The average molecular weight is 295 g/mol. The second kappa shape index (κ2) is 5.34. The number of fused-ring (bicyclic) bond motifs is 1. The highest BCUT2D eigenvalue weighted by atomic mass is 35.5. The predicted octanol–water partition coefficient (Wildman–Crippen LogP) is 2.12. The van der Waals surface area contributed by atoms with Crippen molar-refractivity contribution in [1.29, 1.82) is 0 Å². The summed E-state index contributed by atoms with van der Waals surface area (Å²) in [6, 6.07) is 5.36. The van der Waals surface area contributed by atoms with Crippen LogP contribution in [0.4, 0.5) is 0 Å². The van der Waals surface area contributed by atoms with Crippen molar-refractivity contribution in [2.45, 2.75) is 12.5 Å². The van der Waals surface area contributed by atoms with E-state index in [1.807, 2.05) is 19.3 Å². The molecule has 20 heavy (non-hydrogen) atoms. The Morgan fingerprint density at radius 2 is 2.20 bits per heavy atom. The molecule has 0 fully saturated rings. The van der Waals surface area contributed by atoms with Gasteiger partial charge in [-0.1, -0.05) is 11.6 Å². The highest BCUT2D eigenvalue weighted by molar-refractivity contribution is 6.32. The summed E-state index contributed by atoms with van der Waals surface area (Å²) in [5.74, 6) is 1.13. The Morgan fingerprint density at radius 1 is 1.40 bits per heavy atom. The number of hydrogen-bond acceptors (Lipinski definition) is 4. The molecule has 1 atom stereocenters. The lowest BCUT2D eigenvalue weighted by molar-refractivity contribution is 0.164. The van der Waals surface area contributed by atoms with Gasteiger partial charge in [-0.25, -0.2) is 0 Å². The van der Waals surface area contributed by atoms with Crippen LogP contribution in [0, 0.1) is 0 Å². The Balaban J connectivity index is 1.84. The largest absolute Gasteiger partial charge is 0.486 e. The minimum absolute atomic E-state index is 0.427. The van der Waals surface area contributed by atoms with E-state index in [0.717, 1.165) is 5.69 Å². The monoisotopic (exact) mass is 294 g/mol. The SMILES string of the molecule is Cn1ccc(CC(O)c2cc(Cl)c3c(c2)OCCO3)n1. The Bertz CT molecular complexity index is 627. The van der Waals surface area contributed by atoms with Crippen molar-refractivity contribution in [3.05, 3.63) is 40.7 Å². The lowest BCUT2D eigenvalue weighted by Crippen LogP contribution is -2.16. The fourth-order valence-electron chi connectivity index (χ4n) is 2.21. The Hall–Kier alpha value is -1.72. The molecule has 0 saturated heterocycles. The van der Waals surface area contributed by atoms with Crippen LogP contribution in [0.3, 0.4) is 0 Å². The Labute approximate surface area is 121 Å². The molecule has 5 nitrogen and oxygen atoms in total. The third-order valence-electron chi connectivity index (χ3n) is 3.18. The first-order valence-electron chi connectivity index (χ1n) is 6.39. The fraction of sp³-hybridized carbons (Fsp3) is 0.357. The van der Waals surface area contributed by atoms with E-state index in [1.165, 1.54) is 0 Å². The summed E-state index contributed by atoms with van der Waals surface area (Å²) < 4.78 is 12.7. The van der Waals surface area contributed by atoms with Crippen molar-refractivity contribution in [2.75, 3.05) is 13.2 Å². The quantitative estimate of drug-likeness (QED) is 0.942. The van der Waals surface area contributed by atoms with Crippen molar-refractivity contribution < 1.29 is 14.6 Å². The highest BCUT2D eigenvalue weighted by Gasteiger charge is 2.20. The zero-order chi connectivity index (χ0) is 14.1. The number of aryl methyl sites for hydroxylation is 1. The van der Waals surface area contributed by atoms with Crippen LogP contribution in [0.5, 0.6) is 11.5 Å². The van der Waals surface area contributed by atoms with Gasteiger partial charge >= 0.3 is 0 Å². The topological polar surface area (TPSA) is 56.5 Å². The summed E-state index contributed by atoms with van der Waals surface area (Å²) in [5, 5.41) is 15.0. The molecule has 1 aliphatic rings. The molecule has 106 valence electrons. The van der Waals surface area contributed by atoms with E-state index in [9.17, 15) is 5.11 Å². The number of aliphatic hydroxyl groups is 1. The lowest BCUT2D eigenvalue weighted by atomic mass is 10.0. The Morgan fingerprint density at radius 3 is 2.95 bits per heavy atom. The summed E-state index contributed by atoms with van der Waals surface area (Å²) in [4.78, 5) is 0. The summed E-state index contributed by atoms with van der Waals surface area (Å²) in [7, 11) is 1.84. The second-order valence-electron chi connectivity index (χ2n) is 4.73. The van der Waals surface area contributed by atoms with Gasteiger partial charge in [0.05, 0.1) is 16.8 Å². The number of nitrogens with zero attached hydrogens (tertiary/aromatic N) is 2. The van der Waals surface area contributed by atoms with Gasteiger partial charge in [0.1, 0.15) is 13.2 Å². The highest BCUT2D eigenvalue weighted by Crippen LogP contribution is 2.40. The number of halogens is 1. The van der Waals surface area contributed by atoms with Gasteiger partial charge in [-0.05, 0) is 23.8 Å². The summed E-state index contributed by atoms with van der Waals surface area (Å²) >= 11 is 6.16. The smallest absolute Gasteiger partial charge is 0.179 e. The van der Waals surface area contributed by atoms with Crippen LogP contribution in [0.15, 0.2) is 24.4 Å². The Kier molecular flexibility index (Phi) is 3.54. The molecule has 6 heteroatoms. The molecule has 1 aromatic heterocycles. The van der Waals surface area contributed by atoms with Gasteiger partial charge in [0.15, 0.2) is 11.5 Å². The normalized spacial score (nSPS) is 15.2. The van der Waals surface area contributed by atoms with Gasteiger partial charge in [0.25, 0.3) is 0 Å². The number of ether oxygens (including phenoxy) is 2. The molecular weight excluding hydrogens is 280 g/mol. The van der Waals surface area contributed by atoms with E-state index >= 15 is 0 Å². The van der Waals surface area contributed by atoms with Gasteiger partial charge in [-0.3, -0.25) is 4.68 Å². The number of aromatic nitrogens is 2. The second-order valence-corrected chi connectivity index (χ2v) is 5.13. The molecule has 2 aromatic rings. The van der Waals surface area contributed by atoms with Crippen LogP contribution in [0.2, 0.25) is 5.02 Å². The van der Waals surface area contributed by atoms with Crippen LogP contribution < -0.4 is 9.47 Å². The van der Waals surface area contributed by atoms with Gasteiger partial charge in [0.2, 0.25) is 0 Å². The average Bonchev–Trinajstić information content (AvgIpc) is 2.84. The number of aliphatic hydroxyl groups excluding tert-OH is 1. The summed E-state index contributed by atoms with van der Waals surface area (Å²) in [5.41, 5.74) is 1.52. The van der Waals surface area contributed by atoms with Crippen molar-refractivity contribution in [2.24, 2.45) is 7.05 Å². The van der Waals surface area contributed by atoms with Crippen LogP contribution in [0.25, 0.3) is 0 Å². The van der Waals surface area contributed by atoms with Gasteiger partial charge in [-0.2, -0.15) is 5.10 Å². The predicted molar refractivity (Wildman–Crippen MR) is 74.3 cm³/mol. The zero-order valence-electron chi connectivity index (χ0n) is 11.0. The maximum atomic E-state index is 10.3. The number of benzene rings is 1. The fourth-order valence-corrected chi connectivity index (χ4v) is 2.48. The zero-order valence-corrected chi connectivity index (χ0v) is 11.8. The molecule has 0 spiro atoms. The van der Waals surface area contributed by atoms with Crippen molar-refractivity contribution in [1.82, 2.24) is 9.78 Å². The molecule has 0 saturated carbocycles.